The van der Waals surface area contributed by atoms with Crippen molar-refractivity contribution in [2.24, 2.45) is 5.10 Å². The molecule has 10 nitrogen and oxygen atoms in total. The molecule has 0 saturated carbocycles. The number of methoxy groups -OCH3 is 1. The van der Waals surface area contributed by atoms with Gasteiger partial charge in [0.1, 0.15) is 11.9 Å². The fourth-order valence-electron chi connectivity index (χ4n) is 4.02. The monoisotopic (exact) mass is 497 g/mol. The van der Waals surface area contributed by atoms with E-state index in [1.165, 1.54) is 25.0 Å². The van der Waals surface area contributed by atoms with E-state index in [2.05, 4.69) is 10.4 Å². The highest BCUT2D eigenvalue weighted by Crippen LogP contribution is 2.29. The second-order valence-electron chi connectivity index (χ2n) is 8.49. The number of ether oxygens (including phenoxy) is 2. The van der Waals surface area contributed by atoms with Crippen molar-refractivity contribution in [3.63, 3.8) is 0 Å². The van der Waals surface area contributed by atoms with E-state index in [9.17, 15) is 18.8 Å². The molecule has 2 aromatic carbocycles. The van der Waals surface area contributed by atoms with Crippen molar-refractivity contribution in [3.8, 4) is 11.1 Å². The van der Waals surface area contributed by atoms with E-state index in [1.807, 2.05) is 29.3 Å². The molecule has 2 saturated heterocycles. The normalized spacial score (nSPS) is 17.9. The van der Waals surface area contributed by atoms with E-state index < -0.39 is 18.0 Å². The smallest absolute Gasteiger partial charge is 0.414 e. The Hall–Kier alpha value is -4.15. The molecule has 0 unspecified atom stereocenters. The largest absolute Gasteiger partial charge is 0.453 e. The Labute approximate surface area is 208 Å². The molecule has 0 radical (unpaired) electrons. The lowest BCUT2D eigenvalue weighted by Crippen LogP contribution is -2.46. The van der Waals surface area contributed by atoms with Crippen molar-refractivity contribution in [2.45, 2.75) is 13.0 Å². The first-order valence-corrected chi connectivity index (χ1v) is 11.6. The van der Waals surface area contributed by atoms with Crippen molar-refractivity contribution in [2.75, 3.05) is 51.3 Å². The van der Waals surface area contributed by atoms with Gasteiger partial charge < -0.3 is 19.7 Å². The number of rotatable bonds is 6. The number of hydrazone groups is 1. The minimum absolute atomic E-state index is 0.206. The summed E-state index contributed by atoms with van der Waals surface area (Å²) >= 11 is 0. The Morgan fingerprint density at radius 1 is 1.17 bits per heavy atom. The van der Waals surface area contributed by atoms with Crippen LogP contribution in [0.3, 0.4) is 0 Å². The number of hydrogen-bond donors (Lipinski definition) is 1. The van der Waals surface area contributed by atoms with E-state index in [4.69, 9.17) is 9.47 Å². The summed E-state index contributed by atoms with van der Waals surface area (Å²) < 4.78 is 24.9. The van der Waals surface area contributed by atoms with Crippen LogP contribution >= 0.6 is 0 Å². The third-order valence-corrected chi connectivity index (χ3v) is 6.00. The number of piperazine rings is 1. The first-order valence-electron chi connectivity index (χ1n) is 11.6. The third kappa shape index (κ3) is 5.91. The van der Waals surface area contributed by atoms with Crippen LogP contribution in [0.4, 0.5) is 19.7 Å². The standard InChI is InChI=1S/C25H28FN5O5/c1-17(32)27-15-21-16-31(25(34)36-21)20-7-8-22(23(26)13-20)19-5-3-18(4-6-19)14-28-30-11-9-29(10-12-30)24(33)35-2/h3-8,13-14,21H,9-12,15-16H2,1-2H3,(H,27,32)/b28-14+/t21-/m0/s1. The van der Waals surface area contributed by atoms with Crippen LogP contribution in [0.15, 0.2) is 47.6 Å². The van der Waals surface area contributed by atoms with Gasteiger partial charge in [-0.1, -0.05) is 24.3 Å². The number of amides is 3. The summed E-state index contributed by atoms with van der Waals surface area (Å²) in [4.78, 5) is 37.8. The zero-order valence-corrected chi connectivity index (χ0v) is 20.1. The molecule has 0 aliphatic carbocycles. The number of nitrogens with zero attached hydrogens (tertiary/aromatic N) is 4. The third-order valence-electron chi connectivity index (χ3n) is 6.00. The molecular formula is C25H28FN5O5. The maximum absolute atomic E-state index is 15.0. The predicted octanol–water partition coefficient (Wildman–Crippen LogP) is 2.67. The lowest BCUT2D eigenvalue weighted by molar-refractivity contribution is -0.119. The Morgan fingerprint density at radius 2 is 1.89 bits per heavy atom. The van der Waals surface area contributed by atoms with Gasteiger partial charge in [-0.3, -0.25) is 14.7 Å². The van der Waals surface area contributed by atoms with E-state index in [0.717, 1.165) is 5.56 Å². The van der Waals surface area contributed by atoms with Crippen LogP contribution in [-0.4, -0.2) is 86.7 Å². The quantitative estimate of drug-likeness (QED) is 0.616. The SMILES string of the molecule is COC(=O)N1CCN(/N=C/c2ccc(-c3ccc(N4C[C@H](CNC(C)=O)OC4=O)cc3F)cc2)CC1. The summed E-state index contributed by atoms with van der Waals surface area (Å²) in [7, 11) is 1.37. The van der Waals surface area contributed by atoms with Crippen molar-refractivity contribution >= 4 is 30.0 Å². The van der Waals surface area contributed by atoms with Gasteiger partial charge in [-0.2, -0.15) is 5.10 Å². The van der Waals surface area contributed by atoms with Crippen LogP contribution in [0.25, 0.3) is 11.1 Å². The average molecular weight is 498 g/mol. The number of hydrogen-bond acceptors (Lipinski definition) is 7. The summed E-state index contributed by atoms with van der Waals surface area (Å²) in [5.41, 5.74) is 2.35. The highest BCUT2D eigenvalue weighted by molar-refractivity contribution is 5.90. The molecule has 0 spiro atoms. The maximum atomic E-state index is 15.0. The summed E-state index contributed by atoms with van der Waals surface area (Å²) in [6.07, 6.45) is 0.330. The number of cyclic esters (lactones) is 1. The molecule has 0 bridgehead atoms. The van der Waals surface area contributed by atoms with Gasteiger partial charge in [0.2, 0.25) is 5.91 Å². The van der Waals surface area contributed by atoms with Gasteiger partial charge in [-0.25, -0.2) is 14.0 Å². The number of anilines is 1. The Morgan fingerprint density at radius 3 is 2.53 bits per heavy atom. The number of nitrogens with one attached hydrogen (secondary N) is 1. The van der Waals surface area contributed by atoms with Crippen LogP contribution in [0, 0.1) is 5.82 Å². The van der Waals surface area contributed by atoms with Crippen LogP contribution < -0.4 is 10.2 Å². The number of halogens is 1. The Kier molecular flexibility index (Phi) is 7.67. The van der Waals surface area contributed by atoms with Crippen molar-refractivity contribution in [3.05, 3.63) is 53.8 Å². The van der Waals surface area contributed by atoms with Gasteiger partial charge in [-0.15, -0.1) is 0 Å². The molecule has 3 amide bonds. The van der Waals surface area contributed by atoms with Gasteiger partial charge in [0.05, 0.1) is 45.2 Å². The topological polar surface area (TPSA) is 104 Å². The molecule has 190 valence electrons. The molecule has 2 aliphatic rings. The van der Waals surface area contributed by atoms with Gasteiger partial charge >= 0.3 is 12.2 Å². The summed E-state index contributed by atoms with van der Waals surface area (Å²) in [6, 6.07) is 11.9. The Bertz CT molecular complexity index is 1150. The lowest BCUT2D eigenvalue weighted by Gasteiger charge is -2.31. The van der Waals surface area contributed by atoms with E-state index in [0.29, 0.717) is 43.0 Å². The molecule has 4 rings (SSSR count). The summed E-state index contributed by atoms with van der Waals surface area (Å²) in [5.74, 6) is -0.675. The highest BCUT2D eigenvalue weighted by atomic mass is 19.1. The minimum Gasteiger partial charge on any atom is -0.453 e. The van der Waals surface area contributed by atoms with Crippen molar-refractivity contribution < 1.29 is 28.2 Å². The number of carbonyl (C=O) groups is 3. The average Bonchev–Trinajstić information content (AvgIpc) is 3.27. The van der Waals surface area contributed by atoms with E-state index in [-0.39, 0.29) is 25.1 Å². The molecule has 2 aliphatic heterocycles. The molecule has 2 heterocycles. The fraction of sp³-hybridized carbons (Fsp3) is 0.360. The van der Waals surface area contributed by atoms with Gasteiger partial charge in [-0.05, 0) is 29.3 Å². The molecule has 0 aromatic heterocycles. The molecule has 36 heavy (non-hydrogen) atoms. The van der Waals surface area contributed by atoms with Crippen LogP contribution in [-0.2, 0) is 14.3 Å². The van der Waals surface area contributed by atoms with Crippen molar-refractivity contribution in [1.29, 1.82) is 0 Å². The molecule has 2 fully saturated rings. The zero-order chi connectivity index (χ0) is 25.7. The maximum Gasteiger partial charge on any atom is 0.414 e. The molecular weight excluding hydrogens is 469 g/mol. The molecule has 1 N–H and O–H groups in total. The first kappa shape index (κ1) is 25.0. The van der Waals surface area contributed by atoms with Gasteiger partial charge in [0.25, 0.3) is 0 Å². The van der Waals surface area contributed by atoms with Crippen LogP contribution in [0.2, 0.25) is 0 Å². The lowest BCUT2D eigenvalue weighted by atomic mass is 10.0. The molecule has 11 heteroatoms. The number of carbonyl (C=O) groups excluding carboxylic acids is 3. The predicted molar refractivity (Wildman–Crippen MR) is 131 cm³/mol. The summed E-state index contributed by atoms with van der Waals surface area (Å²) in [5, 5.41) is 8.97. The van der Waals surface area contributed by atoms with Gasteiger partial charge in [0, 0.05) is 25.6 Å². The molecule has 1 atom stereocenters. The summed E-state index contributed by atoms with van der Waals surface area (Å²) in [6.45, 7) is 4.13. The minimum atomic E-state index is -0.576. The molecule has 2 aromatic rings. The van der Waals surface area contributed by atoms with Crippen LogP contribution in [0.1, 0.15) is 12.5 Å². The fourth-order valence-corrected chi connectivity index (χ4v) is 4.02. The van der Waals surface area contributed by atoms with Gasteiger partial charge in [0.15, 0.2) is 0 Å². The van der Waals surface area contributed by atoms with Crippen LogP contribution in [0.5, 0.6) is 0 Å². The second kappa shape index (κ2) is 11.1. The first-order chi connectivity index (χ1) is 17.3. The van der Waals surface area contributed by atoms with E-state index in [1.54, 1.807) is 23.2 Å². The Balaban J connectivity index is 1.36. The van der Waals surface area contributed by atoms with E-state index >= 15 is 0 Å². The zero-order valence-electron chi connectivity index (χ0n) is 20.1. The van der Waals surface area contributed by atoms with Crippen molar-refractivity contribution in [1.82, 2.24) is 15.2 Å². The highest BCUT2D eigenvalue weighted by Gasteiger charge is 2.32. The second-order valence-corrected chi connectivity index (χ2v) is 8.49. The number of benzene rings is 2.